The van der Waals surface area contributed by atoms with Crippen LogP contribution in [0.3, 0.4) is 0 Å². The first kappa shape index (κ1) is 16.8. The molecule has 0 aliphatic rings. The van der Waals surface area contributed by atoms with Crippen molar-refractivity contribution in [3.8, 4) is 11.3 Å². The van der Waals surface area contributed by atoms with E-state index in [4.69, 9.17) is 0 Å². The van der Waals surface area contributed by atoms with Crippen molar-refractivity contribution in [2.45, 2.75) is 13.0 Å². The molecule has 0 unspecified atom stereocenters. The molecule has 0 N–H and O–H groups in total. The van der Waals surface area contributed by atoms with Gasteiger partial charge in [0.15, 0.2) is 0 Å². The highest BCUT2D eigenvalue weighted by molar-refractivity contribution is 7.17. The van der Waals surface area contributed by atoms with Gasteiger partial charge in [-0.15, -0.1) is 11.3 Å². The van der Waals surface area contributed by atoms with E-state index in [0.29, 0.717) is 18.4 Å². The van der Waals surface area contributed by atoms with E-state index in [1.807, 2.05) is 55.0 Å². The summed E-state index contributed by atoms with van der Waals surface area (Å²) in [5, 5.41) is 12.6. The Balaban J connectivity index is 1.48. The van der Waals surface area contributed by atoms with Crippen LogP contribution in [0.2, 0.25) is 0 Å². The molecule has 0 bridgehead atoms. The van der Waals surface area contributed by atoms with Crippen LogP contribution in [0.25, 0.3) is 32.2 Å². The standard InChI is InChI=1S/C21H17N5OS/c1-25-10-9-18(24-25)16-13-28-19-12-22-26(21(27)20(16)19)11-8-15-7-6-14-4-2-3-5-17(14)23-15/h2-7,9-10,12-13H,8,11H2,1H3. The van der Waals surface area contributed by atoms with E-state index >= 15 is 0 Å². The van der Waals surface area contributed by atoms with E-state index in [2.05, 4.69) is 21.2 Å². The number of rotatable bonds is 4. The van der Waals surface area contributed by atoms with Gasteiger partial charge in [-0.25, -0.2) is 4.68 Å². The number of aromatic nitrogens is 5. The molecule has 138 valence electrons. The number of nitrogens with zero attached hydrogens (tertiary/aromatic N) is 5. The molecule has 5 aromatic rings. The van der Waals surface area contributed by atoms with Crippen LogP contribution in [0.4, 0.5) is 0 Å². The second-order valence-electron chi connectivity index (χ2n) is 6.68. The van der Waals surface area contributed by atoms with Crippen molar-refractivity contribution in [3.63, 3.8) is 0 Å². The van der Waals surface area contributed by atoms with Gasteiger partial charge < -0.3 is 0 Å². The fourth-order valence-corrected chi connectivity index (χ4v) is 4.27. The largest absolute Gasteiger partial charge is 0.276 e. The van der Waals surface area contributed by atoms with Crippen LogP contribution in [0, 0.1) is 0 Å². The zero-order valence-corrected chi connectivity index (χ0v) is 16.1. The minimum Gasteiger partial charge on any atom is -0.275 e. The highest BCUT2D eigenvalue weighted by Gasteiger charge is 2.14. The third kappa shape index (κ3) is 2.90. The smallest absolute Gasteiger partial charge is 0.275 e. The maximum Gasteiger partial charge on any atom is 0.276 e. The lowest BCUT2D eigenvalue weighted by molar-refractivity contribution is 0.580. The monoisotopic (exact) mass is 387 g/mol. The van der Waals surface area contributed by atoms with Crippen molar-refractivity contribution in [2.24, 2.45) is 7.05 Å². The normalized spacial score (nSPS) is 11.5. The Hall–Kier alpha value is -3.32. The van der Waals surface area contributed by atoms with Gasteiger partial charge in [0.25, 0.3) is 5.56 Å². The first-order chi connectivity index (χ1) is 13.7. The molecule has 0 amide bonds. The van der Waals surface area contributed by atoms with E-state index in [0.717, 1.165) is 32.6 Å². The topological polar surface area (TPSA) is 65.6 Å². The van der Waals surface area contributed by atoms with Crippen LogP contribution >= 0.6 is 11.3 Å². The lowest BCUT2D eigenvalue weighted by Gasteiger charge is -2.06. The molecule has 6 nitrogen and oxygen atoms in total. The lowest BCUT2D eigenvalue weighted by atomic mass is 10.1. The highest BCUT2D eigenvalue weighted by atomic mass is 32.1. The Morgan fingerprint density at radius 2 is 2.00 bits per heavy atom. The summed E-state index contributed by atoms with van der Waals surface area (Å²) in [4.78, 5) is 17.8. The number of pyridine rings is 1. The maximum atomic E-state index is 13.1. The summed E-state index contributed by atoms with van der Waals surface area (Å²) in [6.45, 7) is 0.484. The fraction of sp³-hybridized carbons (Fsp3) is 0.143. The SMILES string of the molecule is Cn1ccc(-c2csc3cnn(CCc4ccc5ccccc5n4)c(=O)c23)n1. The van der Waals surface area contributed by atoms with Crippen LogP contribution < -0.4 is 5.56 Å². The number of fused-ring (bicyclic) bond motifs is 2. The summed E-state index contributed by atoms with van der Waals surface area (Å²) in [5.41, 5.74) is 3.50. The van der Waals surface area contributed by atoms with Crippen molar-refractivity contribution in [2.75, 3.05) is 0 Å². The summed E-state index contributed by atoms with van der Waals surface area (Å²) >= 11 is 1.52. The van der Waals surface area contributed by atoms with Crippen molar-refractivity contribution in [1.29, 1.82) is 0 Å². The molecule has 0 aliphatic heterocycles. The average molecular weight is 387 g/mol. The van der Waals surface area contributed by atoms with E-state index in [-0.39, 0.29) is 5.56 Å². The van der Waals surface area contributed by atoms with E-state index in [1.54, 1.807) is 10.9 Å². The van der Waals surface area contributed by atoms with Crippen LogP contribution in [-0.4, -0.2) is 24.5 Å². The minimum absolute atomic E-state index is 0.0832. The molecule has 4 aromatic heterocycles. The summed E-state index contributed by atoms with van der Waals surface area (Å²) in [6, 6.07) is 14.0. The van der Waals surface area contributed by atoms with Crippen LogP contribution in [0.15, 0.2) is 65.0 Å². The van der Waals surface area contributed by atoms with E-state index in [9.17, 15) is 4.79 Å². The van der Waals surface area contributed by atoms with Crippen molar-refractivity contribution >= 4 is 32.3 Å². The van der Waals surface area contributed by atoms with Crippen LogP contribution in [-0.2, 0) is 20.0 Å². The van der Waals surface area contributed by atoms with Gasteiger partial charge in [0.2, 0.25) is 0 Å². The molecule has 0 aliphatic carbocycles. The molecular weight excluding hydrogens is 370 g/mol. The Morgan fingerprint density at radius 1 is 1.11 bits per heavy atom. The molecule has 0 atom stereocenters. The molecule has 1 aromatic carbocycles. The molecule has 0 spiro atoms. The molecule has 0 radical (unpaired) electrons. The number of thiophene rings is 1. The molecule has 0 saturated heterocycles. The van der Waals surface area contributed by atoms with Crippen molar-refractivity contribution < 1.29 is 0 Å². The summed E-state index contributed by atoms with van der Waals surface area (Å²) in [7, 11) is 1.87. The minimum atomic E-state index is -0.0832. The van der Waals surface area contributed by atoms with Gasteiger partial charge in [-0.3, -0.25) is 14.5 Å². The van der Waals surface area contributed by atoms with Crippen molar-refractivity contribution in [1.82, 2.24) is 24.5 Å². The number of hydrogen-bond acceptors (Lipinski definition) is 5. The molecular formula is C21H17N5OS. The van der Waals surface area contributed by atoms with Gasteiger partial charge in [0.05, 0.1) is 34.0 Å². The van der Waals surface area contributed by atoms with Crippen molar-refractivity contribution in [3.05, 3.63) is 76.3 Å². The number of benzene rings is 1. The highest BCUT2D eigenvalue weighted by Crippen LogP contribution is 2.30. The predicted octanol–water partition coefficient (Wildman–Crippen LogP) is 3.65. The zero-order chi connectivity index (χ0) is 19.1. The summed E-state index contributed by atoms with van der Waals surface area (Å²) < 4.78 is 4.15. The predicted molar refractivity (Wildman–Crippen MR) is 112 cm³/mol. The second kappa shape index (κ2) is 6.69. The summed E-state index contributed by atoms with van der Waals surface area (Å²) in [6.07, 6.45) is 4.29. The average Bonchev–Trinajstić information content (AvgIpc) is 3.34. The number of aryl methyl sites for hydroxylation is 3. The molecule has 5 rings (SSSR count). The van der Waals surface area contributed by atoms with Gasteiger partial charge in [0, 0.05) is 41.7 Å². The first-order valence-electron chi connectivity index (χ1n) is 9.01. The third-order valence-corrected chi connectivity index (χ3v) is 5.72. The second-order valence-corrected chi connectivity index (χ2v) is 7.59. The molecule has 0 fully saturated rings. The Kier molecular flexibility index (Phi) is 4.02. The number of para-hydroxylation sites is 1. The van der Waals surface area contributed by atoms with Gasteiger partial charge in [-0.05, 0) is 18.2 Å². The molecule has 28 heavy (non-hydrogen) atoms. The summed E-state index contributed by atoms with van der Waals surface area (Å²) in [5.74, 6) is 0. The Morgan fingerprint density at radius 3 is 2.86 bits per heavy atom. The number of hydrogen-bond donors (Lipinski definition) is 0. The van der Waals surface area contributed by atoms with Gasteiger partial charge >= 0.3 is 0 Å². The van der Waals surface area contributed by atoms with Crippen LogP contribution in [0.1, 0.15) is 5.69 Å². The molecule has 0 saturated carbocycles. The van der Waals surface area contributed by atoms with Gasteiger partial charge in [-0.1, -0.05) is 24.3 Å². The third-order valence-electron chi connectivity index (χ3n) is 4.81. The van der Waals surface area contributed by atoms with E-state index < -0.39 is 0 Å². The lowest BCUT2D eigenvalue weighted by Crippen LogP contribution is -2.23. The molecule has 7 heteroatoms. The Bertz CT molecular complexity index is 1360. The van der Waals surface area contributed by atoms with E-state index in [1.165, 1.54) is 16.0 Å². The first-order valence-corrected chi connectivity index (χ1v) is 9.89. The Labute approximate surface area is 164 Å². The quantitative estimate of drug-likeness (QED) is 0.472. The maximum absolute atomic E-state index is 13.1. The van der Waals surface area contributed by atoms with Crippen LogP contribution in [0.5, 0.6) is 0 Å². The van der Waals surface area contributed by atoms with Gasteiger partial charge in [-0.2, -0.15) is 10.2 Å². The van der Waals surface area contributed by atoms with Gasteiger partial charge in [0.1, 0.15) is 0 Å². The fourth-order valence-electron chi connectivity index (χ4n) is 3.37. The zero-order valence-electron chi connectivity index (χ0n) is 15.2. The molecule has 4 heterocycles.